The number of hydrogen-bond donors (Lipinski definition) is 1. The largest absolute Gasteiger partial charge is 0.490 e. The zero-order chi connectivity index (χ0) is 21.5. The quantitative estimate of drug-likeness (QED) is 0.815. The number of piperidine rings is 1. The predicted octanol–water partition coefficient (Wildman–Crippen LogP) is 2.63. The highest BCUT2D eigenvalue weighted by Crippen LogP contribution is 2.35. The molecule has 0 saturated carbocycles. The first-order chi connectivity index (χ1) is 15.0. The molecule has 7 heteroatoms. The molecule has 3 aliphatic rings. The van der Waals surface area contributed by atoms with Crippen LogP contribution in [0, 0.1) is 6.92 Å². The van der Waals surface area contributed by atoms with Gasteiger partial charge < -0.3 is 24.4 Å². The highest BCUT2D eigenvalue weighted by molar-refractivity contribution is 5.99. The van der Waals surface area contributed by atoms with Crippen molar-refractivity contribution in [1.82, 2.24) is 9.88 Å². The Labute approximate surface area is 182 Å². The van der Waals surface area contributed by atoms with Crippen molar-refractivity contribution in [2.75, 3.05) is 38.3 Å². The molecule has 4 heterocycles. The van der Waals surface area contributed by atoms with Gasteiger partial charge in [0.2, 0.25) is 0 Å². The summed E-state index contributed by atoms with van der Waals surface area (Å²) in [5, 5.41) is 9.75. The fourth-order valence-corrected chi connectivity index (χ4v) is 4.88. The number of anilines is 1. The molecular formula is C24H29N3O4. The number of pyridine rings is 1. The number of likely N-dealkylation sites (N-methyl/N-ethyl adjacent to an activating group) is 1. The van der Waals surface area contributed by atoms with E-state index >= 15 is 0 Å². The van der Waals surface area contributed by atoms with Crippen LogP contribution in [0.4, 0.5) is 5.82 Å². The minimum absolute atomic E-state index is 0.0706. The van der Waals surface area contributed by atoms with Crippen molar-refractivity contribution in [3.8, 4) is 5.75 Å². The summed E-state index contributed by atoms with van der Waals surface area (Å²) >= 11 is 0. The van der Waals surface area contributed by atoms with E-state index in [0.29, 0.717) is 17.9 Å². The van der Waals surface area contributed by atoms with Gasteiger partial charge in [0.25, 0.3) is 5.91 Å². The van der Waals surface area contributed by atoms with Crippen LogP contribution in [0.1, 0.15) is 51.6 Å². The molecule has 1 fully saturated rings. The zero-order valence-corrected chi connectivity index (χ0v) is 18.1. The van der Waals surface area contributed by atoms with E-state index in [9.17, 15) is 9.90 Å². The molecule has 1 amide bonds. The van der Waals surface area contributed by atoms with Crippen molar-refractivity contribution in [2.24, 2.45) is 0 Å². The molecule has 1 aromatic carbocycles. The molecule has 0 unspecified atom stereocenters. The van der Waals surface area contributed by atoms with Gasteiger partial charge in [-0.2, -0.15) is 0 Å². The van der Waals surface area contributed by atoms with E-state index in [-0.39, 0.29) is 24.7 Å². The number of aliphatic hydroxyl groups excluding tert-OH is 1. The lowest BCUT2D eigenvalue weighted by Gasteiger charge is -2.34. The Kier molecular flexibility index (Phi) is 5.32. The number of aliphatic hydroxyl groups is 1. The highest BCUT2D eigenvalue weighted by atomic mass is 16.5. The van der Waals surface area contributed by atoms with E-state index < -0.39 is 0 Å². The molecule has 1 aromatic heterocycles. The fourth-order valence-electron chi connectivity index (χ4n) is 4.88. The molecule has 1 saturated heterocycles. The monoisotopic (exact) mass is 423 g/mol. The van der Waals surface area contributed by atoms with Gasteiger partial charge in [-0.25, -0.2) is 4.98 Å². The Bertz CT molecular complexity index is 1000. The fraction of sp³-hybridized carbons (Fsp3) is 0.500. The minimum atomic E-state index is -0.365. The summed E-state index contributed by atoms with van der Waals surface area (Å²) in [6, 6.07) is 7.91. The third kappa shape index (κ3) is 3.66. The molecule has 0 aliphatic carbocycles. The number of rotatable bonds is 4. The Morgan fingerprint density at radius 1 is 1.23 bits per heavy atom. The summed E-state index contributed by atoms with van der Waals surface area (Å²) in [5.41, 5.74) is 4.88. The van der Waals surface area contributed by atoms with Crippen LogP contribution < -0.4 is 9.64 Å². The second kappa shape index (κ2) is 8.13. The van der Waals surface area contributed by atoms with Gasteiger partial charge in [-0.15, -0.1) is 0 Å². The topological polar surface area (TPSA) is 75.1 Å². The van der Waals surface area contributed by atoms with Crippen LogP contribution in [-0.4, -0.2) is 60.4 Å². The maximum atomic E-state index is 12.4. The van der Waals surface area contributed by atoms with Crippen LogP contribution in [0.3, 0.4) is 0 Å². The average molecular weight is 424 g/mol. The van der Waals surface area contributed by atoms with E-state index in [2.05, 4.69) is 23.1 Å². The molecule has 0 bridgehead atoms. The number of ether oxygens (including phenoxy) is 2. The zero-order valence-electron chi connectivity index (χ0n) is 18.1. The third-order valence-corrected chi connectivity index (χ3v) is 6.72. The Morgan fingerprint density at radius 2 is 2.03 bits per heavy atom. The van der Waals surface area contributed by atoms with E-state index in [1.165, 1.54) is 11.1 Å². The first-order valence-electron chi connectivity index (χ1n) is 11.1. The normalized spacial score (nSPS) is 21.3. The lowest BCUT2D eigenvalue weighted by atomic mass is 10.0. The van der Waals surface area contributed by atoms with Crippen molar-refractivity contribution in [3.63, 3.8) is 0 Å². The number of carbonyl (C=O) groups is 1. The average Bonchev–Trinajstić information content (AvgIpc) is 3.02. The van der Waals surface area contributed by atoms with Gasteiger partial charge in [0.05, 0.1) is 37.1 Å². The molecule has 1 N–H and O–H groups in total. The Balaban J connectivity index is 1.27. The van der Waals surface area contributed by atoms with Crippen molar-refractivity contribution >= 4 is 11.7 Å². The lowest BCUT2D eigenvalue weighted by molar-refractivity contribution is 0.0715. The molecule has 164 valence electrons. The van der Waals surface area contributed by atoms with Crippen molar-refractivity contribution in [1.29, 1.82) is 0 Å². The number of fused-ring (bicyclic) bond motifs is 2. The number of nitrogens with zero attached hydrogens (tertiary/aromatic N) is 3. The first-order valence-corrected chi connectivity index (χ1v) is 11.1. The lowest BCUT2D eigenvalue weighted by Crippen LogP contribution is -2.39. The van der Waals surface area contributed by atoms with Gasteiger partial charge in [0.15, 0.2) is 0 Å². The third-order valence-electron chi connectivity index (χ3n) is 6.72. The van der Waals surface area contributed by atoms with E-state index in [1.807, 2.05) is 13.0 Å². The van der Waals surface area contributed by atoms with E-state index in [1.54, 1.807) is 11.9 Å². The highest BCUT2D eigenvalue weighted by Gasteiger charge is 2.36. The summed E-state index contributed by atoms with van der Waals surface area (Å²) in [7, 11) is 1.72. The number of aromatic nitrogens is 1. The molecule has 2 aromatic rings. The maximum Gasteiger partial charge on any atom is 0.256 e. The van der Waals surface area contributed by atoms with E-state index in [0.717, 1.165) is 56.1 Å². The van der Waals surface area contributed by atoms with Crippen molar-refractivity contribution in [3.05, 3.63) is 52.2 Å². The van der Waals surface area contributed by atoms with Gasteiger partial charge in [0, 0.05) is 33.0 Å². The number of amides is 1. The van der Waals surface area contributed by atoms with Crippen molar-refractivity contribution in [2.45, 2.75) is 44.9 Å². The molecule has 5 rings (SSSR count). The molecular weight excluding hydrogens is 394 g/mol. The van der Waals surface area contributed by atoms with Gasteiger partial charge in [-0.05, 0) is 48.2 Å². The summed E-state index contributed by atoms with van der Waals surface area (Å²) in [6.07, 6.45) is 2.97. The second-order valence-corrected chi connectivity index (χ2v) is 8.71. The van der Waals surface area contributed by atoms with Crippen LogP contribution in [-0.2, 0) is 17.8 Å². The van der Waals surface area contributed by atoms with Crippen LogP contribution in [0.5, 0.6) is 5.75 Å². The summed E-state index contributed by atoms with van der Waals surface area (Å²) in [6.45, 7) is 5.04. The van der Waals surface area contributed by atoms with Crippen LogP contribution in [0.25, 0.3) is 0 Å². The molecule has 0 radical (unpaired) electrons. The Hall–Kier alpha value is -2.64. The smallest absolute Gasteiger partial charge is 0.256 e. The molecule has 7 nitrogen and oxygen atoms in total. The number of aryl methyl sites for hydroxylation is 1. The predicted molar refractivity (Wildman–Crippen MR) is 117 cm³/mol. The van der Waals surface area contributed by atoms with Gasteiger partial charge >= 0.3 is 0 Å². The molecule has 31 heavy (non-hydrogen) atoms. The number of carbonyl (C=O) groups excluding carboxylic acids is 1. The van der Waals surface area contributed by atoms with E-state index in [4.69, 9.17) is 14.5 Å². The van der Waals surface area contributed by atoms with Gasteiger partial charge in [-0.1, -0.05) is 6.07 Å². The summed E-state index contributed by atoms with van der Waals surface area (Å²) in [4.78, 5) is 21.1. The summed E-state index contributed by atoms with van der Waals surface area (Å²) in [5.74, 6) is 1.75. The SMILES string of the molecule is Cc1cc2c(nc1N1CCC(Oc3ccc4c(c3)COCC4)CC1)[C@H](CO)N(C)C2=O. The summed E-state index contributed by atoms with van der Waals surface area (Å²) < 4.78 is 11.9. The molecule has 0 spiro atoms. The number of benzene rings is 1. The van der Waals surface area contributed by atoms with Crippen LogP contribution >= 0.6 is 0 Å². The van der Waals surface area contributed by atoms with Crippen molar-refractivity contribution < 1.29 is 19.4 Å². The van der Waals surface area contributed by atoms with Crippen LogP contribution in [0.2, 0.25) is 0 Å². The van der Waals surface area contributed by atoms with Gasteiger partial charge in [0.1, 0.15) is 17.7 Å². The standard InChI is InChI=1S/C24H29N3O4/c1-15-11-20-22(21(13-28)26(2)24(20)29)25-23(15)27-8-5-18(6-9-27)31-19-4-3-16-7-10-30-14-17(16)12-19/h3-4,11-12,18,21,28H,5-10,13-14H2,1-2H3/t21-/m0/s1. The van der Waals surface area contributed by atoms with Crippen LogP contribution in [0.15, 0.2) is 24.3 Å². The molecule has 1 atom stereocenters. The maximum absolute atomic E-state index is 12.4. The number of hydrogen-bond acceptors (Lipinski definition) is 6. The Morgan fingerprint density at radius 3 is 2.81 bits per heavy atom. The first kappa shape index (κ1) is 20.3. The van der Waals surface area contributed by atoms with Gasteiger partial charge in [-0.3, -0.25) is 4.79 Å². The molecule has 3 aliphatic heterocycles. The second-order valence-electron chi connectivity index (χ2n) is 8.71. The minimum Gasteiger partial charge on any atom is -0.490 e.